The molecular formula is C15H14O2. The van der Waals surface area contributed by atoms with Gasteiger partial charge in [0.1, 0.15) is 0 Å². The number of hydrogen-bond donors (Lipinski definition) is 0. The molecule has 0 fully saturated rings. The maximum absolute atomic E-state index is 10.9. The third kappa shape index (κ3) is 4.03. The summed E-state index contributed by atoms with van der Waals surface area (Å²) in [6, 6.07) is 9.75. The molecule has 1 aromatic carbocycles. The van der Waals surface area contributed by atoms with E-state index in [2.05, 4.69) is 18.2 Å². The first-order valence-corrected chi connectivity index (χ1v) is 5.23. The Morgan fingerprint density at radius 1 is 1.47 bits per heavy atom. The fraction of sp³-hybridized carbons (Fsp3) is 0.200. The molecule has 1 rings (SSSR count). The van der Waals surface area contributed by atoms with Gasteiger partial charge in [0, 0.05) is 18.9 Å². The molecule has 1 atom stereocenters. The number of ether oxygens (including phenoxy) is 1. The van der Waals surface area contributed by atoms with Crippen molar-refractivity contribution in [3.05, 3.63) is 53.8 Å². The SMILES string of the molecule is C#CC(OC(C)=O)C(=C=C)Cc1ccccc1. The van der Waals surface area contributed by atoms with Gasteiger partial charge in [-0.1, -0.05) is 42.8 Å². The molecule has 0 aliphatic heterocycles. The minimum absolute atomic E-state index is 0.409. The van der Waals surface area contributed by atoms with E-state index in [1.165, 1.54) is 6.92 Å². The van der Waals surface area contributed by atoms with Crippen LogP contribution in [-0.2, 0) is 16.0 Å². The van der Waals surface area contributed by atoms with Crippen LogP contribution >= 0.6 is 0 Å². The molecule has 0 radical (unpaired) electrons. The van der Waals surface area contributed by atoms with Crippen LogP contribution in [0.1, 0.15) is 12.5 Å². The van der Waals surface area contributed by atoms with Gasteiger partial charge in [0.05, 0.1) is 0 Å². The summed E-state index contributed by atoms with van der Waals surface area (Å²) in [7, 11) is 0. The van der Waals surface area contributed by atoms with Crippen LogP contribution in [-0.4, -0.2) is 12.1 Å². The van der Waals surface area contributed by atoms with Gasteiger partial charge < -0.3 is 4.74 Å². The lowest BCUT2D eigenvalue weighted by Gasteiger charge is -2.13. The fourth-order valence-corrected chi connectivity index (χ4v) is 1.44. The van der Waals surface area contributed by atoms with E-state index in [1.807, 2.05) is 30.3 Å². The summed E-state index contributed by atoms with van der Waals surface area (Å²) in [5, 5.41) is 0. The topological polar surface area (TPSA) is 26.3 Å². The number of carbonyl (C=O) groups is 1. The van der Waals surface area contributed by atoms with E-state index in [-0.39, 0.29) is 0 Å². The van der Waals surface area contributed by atoms with Crippen LogP contribution in [0.4, 0.5) is 0 Å². The second-order valence-electron chi connectivity index (χ2n) is 3.52. The van der Waals surface area contributed by atoms with Gasteiger partial charge in [-0.3, -0.25) is 4.79 Å². The van der Waals surface area contributed by atoms with Gasteiger partial charge in [-0.05, 0) is 5.56 Å². The van der Waals surface area contributed by atoms with Crippen molar-refractivity contribution in [2.75, 3.05) is 0 Å². The summed E-state index contributed by atoms with van der Waals surface area (Å²) < 4.78 is 5.01. The summed E-state index contributed by atoms with van der Waals surface area (Å²) >= 11 is 0. The maximum atomic E-state index is 10.9. The normalized spacial score (nSPS) is 10.8. The van der Waals surface area contributed by atoms with Crippen LogP contribution < -0.4 is 0 Å². The highest BCUT2D eigenvalue weighted by atomic mass is 16.5. The predicted molar refractivity (Wildman–Crippen MR) is 67.2 cm³/mol. The lowest BCUT2D eigenvalue weighted by Crippen LogP contribution is -2.17. The van der Waals surface area contributed by atoms with Gasteiger partial charge in [-0.25, -0.2) is 0 Å². The molecule has 17 heavy (non-hydrogen) atoms. The van der Waals surface area contributed by atoms with E-state index < -0.39 is 12.1 Å². The monoisotopic (exact) mass is 226 g/mol. The van der Waals surface area contributed by atoms with Crippen molar-refractivity contribution in [1.82, 2.24) is 0 Å². The fourth-order valence-electron chi connectivity index (χ4n) is 1.44. The Hall–Kier alpha value is -2.23. The van der Waals surface area contributed by atoms with Crippen LogP contribution in [0, 0.1) is 12.3 Å². The number of terminal acetylenes is 1. The summed E-state index contributed by atoms with van der Waals surface area (Å²) in [4.78, 5) is 10.9. The molecule has 0 spiro atoms. The molecule has 1 unspecified atom stereocenters. The standard InChI is InChI=1S/C15H14O2/c1-4-14(15(5-2)17-12(3)16)11-13-9-7-6-8-10-13/h2,6-10,15H,1,11H2,3H3. The largest absolute Gasteiger partial charge is 0.444 e. The first-order valence-electron chi connectivity index (χ1n) is 5.23. The van der Waals surface area contributed by atoms with Crippen molar-refractivity contribution in [2.45, 2.75) is 19.4 Å². The summed E-state index contributed by atoms with van der Waals surface area (Å²) in [6.07, 6.45) is 5.22. The third-order valence-electron chi connectivity index (χ3n) is 2.22. The second kappa shape index (κ2) is 6.37. The first kappa shape index (κ1) is 12.8. The lowest BCUT2D eigenvalue weighted by molar-refractivity contribution is -0.142. The van der Waals surface area contributed by atoms with E-state index in [1.54, 1.807) is 0 Å². The Balaban J connectivity index is 2.83. The number of carbonyl (C=O) groups excluding carboxylic acids is 1. The molecule has 1 aromatic rings. The average Bonchev–Trinajstić information content (AvgIpc) is 2.34. The number of hydrogen-bond acceptors (Lipinski definition) is 2. The molecule has 0 saturated heterocycles. The predicted octanol–water partition coefficient (Wildman–Crippen LogP) is 2.51. The van der Waals surface area contributed by atoms with Gasteiger partial charge >= 0.3 is 5.97 Å². The van der Waals surface area contributed by atoms with E-state index in [0.29, 0.717) is 12.0 Å². The molecule has 2 heteroatoms. The van der Waals surface area contributed by atoms with E-state index in [9.17, 15) is 4.79 Å². The molecule has 0 aromatic heterocycles. The van der Waals surface area contributed by atoms with Gasteiger partial charge in [-0.2, -0.15) is 0 Å². The molecule has 86 valence electrons. The molecule has 0 saturated carbocycles. The number of benzene rings is 1. The quantitative estimate of drug-likeness (QED) is 0.448. The molecule has 0 aliphatic carbocycles. The van der Waals surface area contributed by atoms with E-state index >= 15 is 0 Å². The zero-order valence-corrected chi connectivity index (χ0v) is 9.77. The highest BCUT2D eigenvalue weighted by Crippen LogP contribution is 2.13. The average molecular weight is 226 g/mol. The van der Waals surface area contributed by atoms with Gasteiger partial charge in [-0.15, -0.1) is 12.2 Å². The van der Waals surface area contributed by atoms with E-state index in [4.69, 9.17) is 11.2 Å². The van der Waals surface area contributed by atoms with Crippen molar-refractivity contribution in [3.8, 4) is 12.3 Å². The van der Waals surface area contributed by atoms with Crippen molar-refractivity contribution in [3.63, 3.8) is 0 Å². The zero-order valence-electron chi connectivity index (χ0n) is 9.77. The van der Waals surface area contributed by atoms with Crippen molar-refractivity contribution < 1.29 is 9.53 Å². The van der Waals surface area contributed by atoms with Crippen molar-refractivity contribution in [1.29, 1.82) is 0 Å². The third-order valence-corrected chi connectivity index (χ3v) is 2.22. The molecule has 0 aliphatic rings. The van der Waals surface area contributed by atoms with Gasteiger partial charge in [0.2, 0.25) is 0 Å². The number of esters is 1. The van der Waals surface area contributed by atoms with Crippen LogP contribution in [0.3, 0.4) is 0 Å². The molecule has 0 N–H and O–H groups in total. The highest BCUT2D eigenvalue weighted by Gasteiger charge is 2.14. The lowest BCUT2D eigenvalue weighted by atomic mass is 10.0. The molecule has 0 bridgehead atoms. The Kier molecular flexibility index (Phi) is 4.81. The van der Waals surface area contributed by atoms with Crippen LogP contribution in [0.2, 0.25) is 0 Å². The maximum Gasteiger partial charge on any atom is 0.304 e. The second-order valence-corrected chi connectivity index (χ2v) is 3.52. The summed E-state index contributed by atoms with van der Waals surface area (Å²) in [5.41, 5.74) is 4.52. The smallest absolute Gasteiger partial charge is 0.304 e. The summed E-state index contributed by atoms with van der Waals surface area (Å²) in [6.45, 7) is 4.91. The van der Waals surface area contributed by atoms with Gasteiger partial charge in [0.15, 0.2) is 6.10 Å². The minimum Gasteiger partial charge on any atom is -0.444 e. The van der Waals surface area contributed by atoms with Crippen LogP contribution in [0.25, 0.3) is 0 Å². The Morgan fingerprint density at radius 2 is 2.12 bits per heavy atom. The summed E-state index contributed by atoms with van der Waals surface area (Å²) in [5.74, 6) is 2.01. The zero-order chi connectivity index (χ0) is 12.7. The highest BCUT2D eigenvalue weighted by molar-refractivity contribution is 5.67. The molecular weight excluding hydrogens is 212 g/mol. The van der Waals surface area contributed by atoms with Gasteiger partial charge in [0.25, 0.3) is 0 Å². The Bertz CT molecular complexity index is 473. The first-order chi connectivity index (χ1) is 8.17. The molecule has 0 heterocycles. The van der Waals surface area contributed by atoms with Crippen molar-refractivity contribution >= 4 is 5.97 Å². The Labute approximate surface area is 102 Å². The minimum atomic E-state index is -0.690. The molecule has 2 nitrogen and oxygen atoms in total. The van der Waals surface area contributed by atoms with Crippen LogP contribution in [0.15, 0.2) is 48.2 Å². The molecule has 0 amide bonds. The van der Waals surface area contributed by atoms with E-state index in [0.717, 1.165) is 5.56 Å². The number of rotatable bonds is 4. The van der Waals surface area contributed by atoms with Crippen LogP contribution in [0.5, 0.6) is 0 Å². The van der Waals surface area contributed by atoms with Crippen molar-refractivity contribution in [2.24, 2.45) is 0 Å². The Morgan fingerprint density at radius 3 is 2.59 bits per heavy atom.